The molecule has 2 aromatic rings. The van der Waals surface area contributed by atoms with Gasteiger partial charge in [0.2, 0.25) is 0 Å². The SMILES string of the molecule is C/C(=C\CNc1ncnc2ncn(C3O[C@H](CO)[C@@H](O)[C@H](O)[C@H]3O)c12)CO. The molecule has 11 heteroatoms. The van der Waals surface area contributed by atoms with Crippen molar-refractivity contribution >= 4 is 17.0 Å². The molecule has 1 fully saturated rings. The summed E-state index contributed by atoms with van der Waals surface area (Å²) >= 11 is 0. The van der Waals surface area contributed by atoms with Gasteiger partial charge in [-0.25, -0.2) is 15.0 Å². The maximum atomic E-state index is 10.4. The zero-order valence-electron chi connectivity index (χ0n) is 14.7. The lowest BCUT2D eigenvalue weighted by molar-refractivity contribution is -0.250. The number of fused-ring (bicyclic) bond motifs is 1. The Hall–Kier alpha value is -2.15. The average Bonchev–Trinajstić information content (AvgIpc) is 3.11. The molecule has 0 amide bonds. The first-order valence-electron chi connectivity index (χ1n) is 8.46. The Labute approximate surface area is 154 Å². The van der Waals surface area contributed by atoms with E-state index in [1.165, 1.54) is 17.2 Å². The maximum Gasteiger partial charge on any atom is 0.183 e. The van der Waals surface area contributed by atoms with Crippen LogP contribution in [0.3, 0.4) is 0 Å². The minimum atomic E-state index is -1.51. The Bertz CT molecular complexity index is 810. The van der Waals surface area contributed by atoms with Crippen LogP contribution in [0.5, 0.6) is 0 Å². The number of ether oxygens (including phenoxy) is 1. The molecule has 1 saturated heterocycles. The number of imidazole rings is 1. The van der Waals surface area contributed by atoms with Crippen LogP contribution in [-0.2, 0) is 4.74 Å². The second-order valence-corrected chi connectivity index (χ2v) is 6.36. The third kappa shape index (κ3) is 3.78. The molecule has 1 aliphatic rings. The summed E-state index contributed by atoms with van der Waals surface area (Å²) < 4.78 is 7.03. The number of hydrogen-bond acceptors (Lipinski definition) is 10. The van der Waals surface area contributed by atoms with Crippen LogP contribution >= 0.6 is 0 Å². The van der Waals surface area contributed by atoms with E-state index in [1.54, 1.807) is 13.0 Å². The van der Waals surface area contributed by atoms with Gasteiger partial charge in [0.1, 0.15) is 42.6 Å². The fourth-order valence-corrected chi connectivity index (χ4v) is 2.90. The Balaban J connectivity index is 1.95. The minimum Gasteiger partial charge on any atom is -0.394 e. The van der Waals surface area contributed by atoms with E-state index in [1.807, 2.05) is 0 Å². The van der Waals surface area contributed by atoms with Crippen molar-refractivity contribution in [3.8, 4) is 0 Å². The average molecular weight is 381 g/mol. The van der Waals surface area contributed by atoms with E-state index < -0.39 is 37.3 Å². The van der Waals surface area contributed by atoms with E-state index in [0.29, 0.717) is 23.5 Å². The van der Waals surface area contributed by atoms with E-state index in [4.69, 9.17) is 9.84 Å². The Kier molecular flexibility index (Phi) is 5.99. The van der Waals surface area contributed by atoms with Gasteiger partial charge in [0, 0.05) is 6.54 Å². The molecule has 0 aliphatic carbocycles. The predicted molar refractivity (Wildman–Crippen MR) is 93.7 cm³/mol. The molecule has 1 aliphatic heterocycles. The lowest BCUT2D eigenvalue weighted by Crippen LogP contribution is -2.56. The van der Waals surface area contributed by atoms with Crippen molar-refractivity contribution in [2.24, 2.45) is 0 Å². The van der Waals surface area contributed by atoms with Crippen LogP contribution in [-0.4, -0.2) is 89.2 Å². The normalized spacial score (nSPS) is 29.3. The number of anilines is 1. The molecule has 0 spiro atoms. The summed E-state index contributed by atoms with van der Waals surface area (Å²) in [5, 5.41) is 51.9. The Morgan fingerprint density at radius 3 is 2.67 bits per heavy atom. The summed E-state index contributed by atoms with van der Waals surface area (Å²) in [5.41, 5.74) is 1.56. The van der Waals surface area contributed by atoms with Gasteiger partial charge in [-0.1, -0.05) is 11.6 Å². The molecule has 0 aromatic carbocycles. The zero-order chi connectivity index (χ0) is 19.6. The standard InChI is InChI=1S/C16H23N5O6/c1-8(4-22)2-3-17-14-10-15(19-6-18-14)20-7-21(10)16-13(26)12(25)11(24)9(5-23)27-16/h2,6-7,9,11-13,16,22-26H,3-5H2,1H3,(H,17,18,19)/b8-2+/t9-,11-,12+,13-,16?/m1/s1. The van der Waals surface area contributed by atoms with E-state index in [0.717, 1.165) is 5.57 Å². The first-order valence-corrected chi connectivity index (χ1v) is 8.46. The molecule has 11 nitrogen and oxygen atoms in total. The Morgan fingerprint density at radius 1 is 1.19 bits per heavy atom. The van der Waals surface area contributed by atoms with Crippen LogP contribution in [0.2, 0.25) is 0 Å². The molecule has 1 unspecified atom stereocenters. The van der Waals surface area contributed by atoms with Gasteiger partial charge in [-0.05, 0) is 6.92 Å². The smallest absolute Gasteiger partial charge is 0.183 e. The van der Waals surface area contributed by atoms with Crippen molar-refractivity contribution in [3.63, 3.8) is 0 Å². The zero-order valence-corrected chi connectivity index (χ0v) is 14.7. The van der Waals surface area contributed by atoms with Crippen LogP contribution in [0.1, 0.15) is 13.2 Å². The molecule has 0 radical (unpaired) electrons. The van der Waals surface area contributed by atoms with Gasteiger partial charge in [0.05, 0.1) is 13.2 Å². The molecule has 3 heterocycles. The number of aliphatic hydroxyl groups excluding tert-OH is 5. The van der Waals surface area contributed by atoms with Crippen molar-refractivity contribution in [1.29, 1.82) is 0 Å². The third-order valence-corrected chi connectivity index (χ3v) is 4.48. The van der Waals surface area contributed by atoms with Crippen molar-refractivity contribution in [2.75, 3.05) is 25.1 Å². The molecule has 148 valence electrons. The lowest BCUT2D eigenvalue weighted by Gasteiger charge is -2.40. The van der Waals surface area contributed by atoms with Crippen LogP contribution < -0.4 is 5.32 Å². The topological polar surface area (TPSA) is 166 Å². The fraction of sp³-hybridized carbons (Fsp3) is 0.562. The van der Waals surface area contributed by atoms with Gasteiger partial charge in [-0.2, -0.15) is 0 Å². The minimum absolute atomic E-state index is 0.0519. The van der Waals surface area contributed by atoms with Gasteiger partial charge >= 0.3 is 0 Å². The molecule has 2 aromatic heterocycles. The highest BCUT2D eigenvalue weighted by molar-refractivity contribution is 5.83. The van der Waals surface area contributed by atoms with E-state index in [2.05, 4.69) is 20.3 Å². The largest absolute Gasteiger partial charge is 0.394 e. The number of aliphatic hydroxyl groups is 5. The van der Waals surface area contributed by atoms with Gasteiger partial charge in [-0.15, -0.1) is 0 Å². The summed E-state index contributed by atoms with van der Waals surface area (Å²) in [7, 11) is 0. The number of aromatic nitrogens is 4. The van der Waals surface area contributed by atoms with E-state index in [9.17, 15) is 20.4 Å². The van der Waals surface area contributed by atoms with Crippen molar-refractivity contribution in [2.45, 2.75) is 37.6 Å². The number of rotatable bonds is 6. The highest BCUT2D eigenvalue weighted by Gasteiger charge is 2.44. The second-order valence-electron chi connectivity index (χ2n) is 6.36. The number of nitrogens with zero attached hydrogens (tertiary/aromatic N) is 4. The second kappa shape index (κ2) is 8.25. The molecule has 3 rings (SSSR count). The molecule has 5 atom stereocenters. The third-order valence-electron chi connectivity index (χ3n) is 4.48. The summed E-state index contributed by atoms with van der Waals surface area (Å²) in [6.07, 6.45) is -2.04. The highest BCUT2D eigenvalue weighted by atomic mass is 16.6. The van der Waals surface area contributed by atoms with E-state index in [-0.39, 0.29) is 6.61 Å². The summed E-state index contributed by atoms with van der Waals surface area (Å²) in [6.45, 7) is 1.60. The monoisotopic (exact) mass is 381 g/mol. The lowest BCUT2D eigenvalue weighted by atomic mass is 9.98. The fourth-order valence-electron chi connectivity index (χ4n) is 2.90. The maximum absolute atomic E-state index is 10.4. The molecule has 6 N–H and O–H groups in total. The first-order chi connectivity index (χ1) is 13.0. The van der Waals surface area contributed by atoms with Crippen LogP contribution in [0.15, 0.2) is 24.3 Å². The predicted octanol–water partition coefficient (Wildman–Crippen LogP) is -1.85. The van der Waals surface area contributed by atoms with Crippen LogP contribution in [0, 0.1) is 0 Å². The van der Waals surface area contributed by atoms with Gasteiger partial charge < -0.3 is 35.6 Å². The van der Waals surface area contributed by atoms with Gasteiger partial charge in [0.15, 0.2) is 17.7 Å². The van der Waals surface area contributed by atoms with Crippen molar-refractivity contribution in [3.05, 3.63) is 24.3 Å². The summed E-state index contributed by atoms with van der Waals surface area (Å²) in [4.78, 5) is 12.4. The van der Waals surface area contributed by atoms with Crippen LogP contribution in [0.4, 0.5) is 5.82 Å². The highest BCUT2D eigenvalue weighted by Crippen LogP contribution is 2.32. The molecular formula is C16H23N5O6. The quantitative estimate of drug-likeness (QED) is 0.313. The molecule has 0 saturated carbocycles. The first kappa shape index (κ1) is 19.6. The van der Waals surface area contributed by atoms with Gasteiger partial charge in [0.25, 0.3) is 0 Å². The molecule has 27 heavy (non-hydrogen) atoms. The number of hydrogen-bond donors (Lipinski definition) is 6. The Morgan fingerprint density at radius 2 is 1.96 bits per heavy atom. The van der Waals surface area contributed by atoms with E-state index >= 15 is 0 Å². The number of nitrogens with one attached hydrogen (secondary N) is 1. The van der Waals surface area contributed by atoms with Gasteiger partial charge in [-0.3, -0.25) is 4.57 Å². The van der Waals surface area contributed by atoms with Crippen LogP contribution in [0.25, 0.3) is 11.2 Å². The molecular weight excluding hydrogens is 358 g/mol. The summed E-state index contributed by atoms with van der Waals surface area (Å²) in [6, 6.07) is 0. The molecule has 0 bridgehead atoms. The van der Waals surface area contributed by atoms with Crippen molar-refractivity contribution in [1.82, 2.24) is 19.5 Å². The summed E-state index contributed by atoms with van der Waals surface area (Å²) in [5.74, 6) is 0.413. The van der Waals surface area contributed by atoms with Crippen molar-refractivity contribution < 1.29 is 30.3 Å².